The van der Waals surface area contributed by atoms with E-state index in [1.54, 1.807) is 55.0 Å². The molecular formula is C24H21ClF2N4O2. The number of ether oxygens (including phenoxy) is 1. The summed E-state index contributed by atoms with van der Waals surface area (Å²) < 4.78 is 32.6. The van der Waals surface area contributed by atoms with Crippen LogP contribution in [0.4, 0.5) is 14.6 Å². The SMILES string of the molecule is Oc1ccc(Cl)cc1-c1cc(-c2ccccc2OC(F)F)cc(NCCCn2ccnc2)n1. The molecule has 0 saturated carbocycles. The van der Waals surface area contributed by atoms with Crippen LogP contribution >= 0.6 is 11.6 Å². The number of alkyl halides is 2. The van der Waals surface area contributed by atoms with Crippen molar-refractivity contribution in [1.29, 1.82) is 0 Å². The van der Waals surface area contributed by atoms with E-state index in [0.717, 1.165) is 13.0 Å². The van der Waals surface area contributed by atoms with Crippen LogP contribution in [0, 0.1) is 0 Å². The standard InChI is InChI=1S/C24H21ClF2N4O2/c25-17-6-7-21(32)19(14-17)20-12-16(18-4-1-2-5-22(18)33-24(26)27)13-23(30-20)29-8-3-10-31-11-9-28-15-31/h1-2,4-7,9,11-15,24,32H,3,8,10H2,(H,29,30). The predicted octanol–water partition coefficient (Wildman–Crippen LogP) is 6.07. The van der Waals surface area contributed by atoms with Gasteiger partial charge in [-0.25, -0.2) is 9.97 Å². The highest BCUT2D eigenvalue weighted by Gasteiger charge is 2.15. The molecule has 6 nitrogen and oxygen atoms in total. The van der Waals surface area contributed by atoms with E-state index < -0.39 is 6.61 Å². The molecule has 4 rings (SSSR count). The van der Waals surface area contributed by atoms with Crippen LogP contribution in [0.2, 0.25) is 5.02 Å². The van der Waals surface area contributed by atoms with E-state index in [2.05, 4.69) is 15.3 Å². The van der Waals surface area contributed by atoms with Crippen LogP contribution in [0.3, 0.4) is 0 Å². The highest BCUT2D eigenvalue weighted by atomic mass is 35.5. The highest BCUT2D eigenvalue weighted by Crippen LogP contribution is 2.37. The van der Waals surface area contributed by atoms with Gasteiger partial charge in [-0.3, -0.25) is 0 Å². The molecule has 0 bridgehead atoms. The number of nitrogens with one attached hydrogen (secondary N) is 1. The zero-order valence-electron chi connectivity index (χ0n) is 17.5. The summed E-state index contributed by atoms with van der Waals surface area (Å²) in [6.45, 7) is -1.56. The molecule has 170 valence electrons. The lowest BCUT2D eigenvalue weighted by Gasteiger charge is -2.15. The monoisotopic (exact) mass is 470 g/mol. The van der Waals surface area contributed by atoms with Crippen LogP contribution < -0.4 is 10.1 Å². The molecule has 9 heteroatoms. The summed E-state index contributed by atoms with van der Waals surface area (Å²) in [7, 11) is 0. The van der Waals surface area contributed by atoms with Gasteiger partial charge in [0, 0.05) is 41.6 Å². The number of imidazole rings is 1. The second kappa shape index (κ2) is 10.3. The third kappa shape index (κ3) is 5.78. The third-order valence-corrected chi connectivity index (χ3v) is 5.17. The van der Waals surface area contributed by atoms with Crippen LogP contribution in [0.5, 0.6) is 11.5 Å². The first-order valence-electron chi connectivity index (χ1n) is 10.2. The Labute approximate surface area is 194 Å². The zero-order chi connectivity index (χ0) is 23.2. The Morgan fingerprint density at radius 1 is 1.09 bits per heavy atom. The molecule has 0 aliphatic heterocycles. The average molecular weight is 471 g/mol. The molecule has 0 aliphatic rings. The van der Waals surface area contributed by atoms with Gasteiger partial charge in [-0.15, -0.1) is 0 Å². The van der Waals surface area contributed by atoms with Crippen molar-refractivity contribution in [3.8, 4) is 33.9 Å². The number of hydrogen-bond donors (Lipinski definition) is 2. The second-order valence-electron chi connectivity index (χ2n) is 7.24. The molecule has 0 radical (unpaired) electrons. The average Bonchev–Trinajstić information content (AvgIpc) is 3.32. The van der Waals surface area contributed by atoms with Crippen molar-refractivity contribution in [3.05, 3.63) is 78.3 Å². The second-order valence-corrected chi connectivity index (χ2v) is 7.68. The molecule has 0 saturated heterocycles. The molecule has 2 N–H and O–H groups in total. The number of aromatic hydroxyl groups is 1. The molecule has 0 atom stereocenters. The molecule has 2 heterocycles. The Morgan fingerprint density at radius 3 is 2.73 bits per heavy atom. The predicted molar refractivity (Wildman–Crippen MR) is 124 cm³/mol. The van der Waals surface area contributed by atoms with E-state index in [1.165, 1.54) is 12.1 Å². The summed E-state index contributed by atoms with van der Waals surface area (Å²) in [5, 5.41) is 14.1. The maximum atomic E-state index is 13.0. The molecule has 0 aliphatic carbocycles. The van der Waals surface area contributed by atoms with E-state index in [4.69, 9.17) is 16.3 Å². The van der Waals surface area contributed by atoms with Gasteiger partial charge in [-0.1, -0.05) is 29.8 Å². The van der Waals surface area contributed by atoms with Crippen molar-refractivity contribution in [1.82, 2.24) is 14.5 Å². The largest absolute Gasteiger partial charge is 0.507 e. The van der Waals surface area contributed by atoms with Gasteiger partial charge in [0.15, 0.2) is 0 Å². The zero-order valence-corrected chi connectivity index (χ0v) is 18.2. The van der Waals surface area contributed by atoms with Crippen molar-refractivity contribution in [3.63, 3.8) is 0 Å². The number of rotatable bonds is 9. The normalized spacial score (nSPS) is 11.0. The first-order valence-corrected chi connectivity index (χ1v) is 10.6. The third-order valence-electron chi connectivity index (χ3n) is 4.93. The number of phenolic OH excluding ortho intramolecular Hbond substituents is 1. The molecule has 0 unspecified atom stereocenters. The van der Waals surface area contributed by atoms with E-state index in [-0.39, 0.29) is 11.5 Å². The highest BCUT2D eigenvalue weighted by molar-refractivity contribution is 6.31. The van der Waals surface area contributed by atoms with E-state index in [9.17, 15) is 13.9 Å². The Hall–Kier alpha value is -3.65. The summed E-state index contributed by atoms with van der Waals surface area (Å²) >= 11 is 6.13. The van der Waals surface area contributed by atoms with Crippen LogP contribution in [0.25, 0.3) is 22.4 Å². The first kappa shape index (κ1) is 22.5. The van der Waals surface area contributed by atoms with Gasteiger partial charge in [0.05, 0.1) is 12.0 Å². The van der Waals surface area contributed by atoms with Crippen molar-refractivity contribution in [2.24, 2.45) is 0 Å². The van der Waals surface area contributed by atoms with Crippen molar-refractivity contribution >= 4 is 17.4 Å². The van der Waals surface area contributed by atoms with E-state index in [1.807, 2.05) is 10.8 Å². The van der Waals surface area contributed by atoms with Gasteiger partial charge >= 0.3 is 6.61 Å². The van der Waals surface area contributed by atoms with Gasteiger partial charge in [-0.05, 0) is 48.4 Å². The summed E-state index contributed by atoms with van der Waals surface area (Å²) in [6, 6.07) is 14.7. The van der Waals surface area contributed by atoms with Gasteiger partial charge in [0.1, 0.15) is 17.3 Å². The number of halogens is 3. The maximum absolute atomic E-state index is 13.0. The fourth-order valence-corrected chi connectivity index (χ4v) is 3.60. The van der Waals surface area contributed by atoms with Gasteiger partial charge in [0.2, 0.25) is 0 Å². The van der Waals surface area contributed by atoms with Gasteiger partial charge in [-0.2, -0.15) is 8.78 Å². The summed E-state index contributed by atoms with van der Waals surface area (Å²) in [5.41, 5.74) is 1.95. The number of anilines is 1. The molecular weight excluding hydrogens is 450 g/mol. The molecule has 0 spiro atoms. The van der Waals surface area contributed by atoms with Crippen molar-refractivity contribution < 1.29 is 18.6 Å². The Balaban J connectivity index is 1.68. The number of hydrogen-bond acceptors (Lipinski definition) is 5. The molecule has 2 aromatic heterocycles. The smallest absolute Gasteiger partial charge is 0.387 e. The van der Waals surface area contributed by atoms with Crippen molar-refractivity contribution in [2.45, 2.75) is 19.6 Å². The maximum Gasteiger partial charge on any atom is 0.387 e. The summed E-state index contributed by atoms with van der Waals surface area (Å²) in [5.74, 6) is 0.581. The minimum Gasteiger partial charge on any atom is -0.507 e. The van der Waals surface area contributed by atoms with E-state index in [0.29, 0.717) is 39.8 Å². The topological polar surface area (TPSA) is 72.2 Å². The molecule has 33 heavy (non-hydrogen) atoms. The van der Waals surface area contributed by atoms with Gasteiger partial charge in [0.25, 0.3) is 0 Å². The Kier molecular flexibility index (Phi) is 7.04. The molecule has 0 amide bonds. The number of benzene rings is 2. The number of nitrogens with zero attached hydrogens (tertiary/aromatic N) is 3. The number of phenols is 1. The van der Waals surface area contributed by atoms with E-state index >= 15 is 0 Å². The quantitative estimate of drug-likeness (QED) is 0.290. The fraction of sp³-hybridized carbons (Fsp3) is 0.167. The van der Waals surface area contributed by atoms with Gasteiger partial charge < -0.3 is 19.7 Å². The molecule has 2 aromatic carbocycles. The lowest BCUT2D eigenvalue weighted by atomic mass is 10.0. The lowest BCUT2D eigenvalue weighted by molar-refractivity contribution is -0.0494. The molecule has 0 fully saturated rings. The number of aromatic nitrogens is 3. The van der Waals surface area contributed by atoms with Crippen molar-refractivity contribution in [2.75, 3.05) is 11.9 Å². The summed E-state index contributed by atoms with van der Waals surface area (Å²) in [6.07, 6.45) is 6.17. The fourth-order valence-electron chi connectivity index (χ4n) is 3.43. The number of aryl methyl sites for hydroxylation is 1. The van der Waals surface area contributed by atoms with Crippen LogP contribution in [0.15, 0.2) is 73.3 Å². The van der Waals surface area contributed by atoms with Crippen LogP contribution in [-0.2, 0) is 6.54 Å². The Bertz CT molecular complexity index is 1220. The number of para-hydroxylation sites is 1. The first-order chi connectivity index (χ1) is 16.0. The van der Waals surface area contributed by atoms with Crippen LogP contribution in [0.1, 0.15) is 6.42 Å². The Morgan fingerprint density at radius 2 is 1.94 bits per heavy atom. The van der Waals surface area contributed by atoms with Crippen LogP contribution in [-0.4, -0.2) is 32.8 Å². The minimum atomic E-state index is -2.95. The number of pyridine rings is 1. The minimum absolute atomic E-state index is 0.00669. The summed E-state index contributed by atoms with van der Waals surface area (Å²) in [4.78, 5) is 8.64. The molecule has 4 aromatic rings. The lowest BCUT2D eigenvalue weighted by Crippen LogP contribution is -2.08.